The first kappa shape index (κ1) is 24.4. The molecule has 2 heterocycles. The average molecular weight is 459 g/mol. The number of aromatic nitrogens is 1. The molecule has 1 aliphatic rings. The van der Waals surface area contributed by atoms with Gasteiger partial charge in [0.2, 0.25) is 0 Å². The molecule has 0 radical (unpaired) electrons. The van der Waals surface area contributed by atoms with Crippen LogP contribution in [0.15, 0.2) is 36.5 Å². The van der Waals surface area contributed by atoms with Gasteiger partial charge in [0.15, 0.2) is 5.82 Å². The summed E-state index contributed by atoms with van der Waals surface area (Å²) in [4.78, 5) is 32.5. The Morgan fingerprint density at radius 1 is 1.21 bits per heavy atom. The summed E-state index contributed by atoms with van der Waals surface area (Å²) in [6, 6.07) is 7.68. The first-order valence-electron chi connectivity index (χ1n) is 11.0. The van der Waals surface area contributed by atoms with Crippen molar-refractivity contribution in [2.45, 2.75) is 32.9 Å². The number of hydrogen-bond donors (Lipinski definition) is 4. The number of nitrogens with one attached hydrogen (secondary N) is 3. The highest BCUT2D eigenvalue weighted by molar-refractivity contribution is 5.99. The number of aliphatic hydroxyl groups is 1. The van der Waals surface area contributed by atoms with Gasteiger partial charge in [-0.1, -0.05) is 12.1 Å². The highest BCUT2D eigenvalue weighted by Crippen LogP contribution is 2.21. The van der Waals surface area contributed by atoms with Gasteiger partial charge in [-0.3, -0.25) is 9.88 Å². The summed E-state index contributed by atoms with van der Waals surface area (Å²) in [5.74, 6) is -0.480. The maximum absolute atomic E-state index is 15.1. The van der Waals surface area contributed by atoms with Gasteiger partial charge in [0.25, 0.3) is 0 Å². The van der Waals surface area contributed by atoms with E-state index < -0.39 is 11.8 Å². The molecule has 9 nitrogen and oxygen atoms in total. The molecule has 2 aromatic rings. The van der Waals surface area contributed by atoms with Crippen LogP contribution in [0.5, 0.6) is 0 Å². The number of hydrogen-bond acceptors (Lipinski definition) is 5. The Balaban J connectivity index is 1.55. The lowest BCUT2D eigenvalue weighted by molar-refractivity contribution is 0.0967. The molecule has 0 bridgehead atoms. The summed E-state index contributed by atoms with van der Waals surface area (Å²) in [5, 5.41) is 16.8. The predicted octanol–water partition coefficient (Wildman–Crippen LogP) is 2.77. The number of piperazine rings is 1. The Hall–Kier alpha value is -3.24. The number of rotatable bonds is 7. The Bertz CT molecular complexity index is 956. The summed E-state index contributed by atoms with van der Waals surface area (Å²) >= 11 is 0. The van der Waals surface area contributed by atoms with Gasteiger partial charge in [-0.25, -0.2) is 14.0 Å². The zero-order valence-corrected chi connectivity index (χ0v) is 19.0. The van der Waals surface area contributed by atoms with Crippen molar-refractivity contribution in [3.05, 3.63) is 53.6 Å². The molecule has 0 aliphatic carbocycles. The molecule has 1 atom stereocenters. The molecule has 0 unspecified atom stereocenters. The molecule has 0 spiro atoms. The summed E-state index contributed by atoms with van der Waals surface area (Å²) in [7, 11) is 0. The van der Waals surface area contributed by atoms with Crippen LogP contribution in [0.3, 0.4) is 0 Å². The summed E-state index contributed by atoms with van der Waals surface area (Å²) in [5.41, 5.74) is 1.91. The maximum Gasteiger partial charge on any atom is 0.323 e. The lowest BCUT2D eigenvalue weighted by Gasteiger charge is -2.39. The number of benzene rings is 1. The summed E-state index contributed by atoms with van der Waals surface area (Å²) < 4.78 is 15.1. The quantitative estimate of drug-likeness (QED) is 0.477. The normalized spacial score (nSPS) is 16.4. The van der Waals surface area contributed by atoms with Gasteiger partial charge in [-0.15, -0.1) is 0 Å². The molecular formula is C23H31FN6O3. The molecule has 1 saturated heterocycles. The van der Waals surface area contributed by atoms with Gasteiger partial charge in [-0.05, 0) is 38.5 Å². The van der Waals surface area contributed by atoms with Gasteiger partial charge in [-0.2, -0.15) is 0 Å². The number of pyridine rings is 1. The second-order valence-electron chi connectivity index (χ2n) is 8.13. The summed E-state index contributed by atoms with van der Waals surface area (Å²) in [6.07, 6.45) is 2.05. The molecule has 1 fully saturated rings. The first-order valence-corrected chi connectivity index (χ1v) is 11.0. The highest BCUT2D eigenvalue weighted by atomic mass is 19.1. The number of aryl methyl sites for hydroxylation is 1. The number of urea groups is 2. The van der Waals surface area contributed by atoms with Crippen LogP contribution >= 0.6 is 0 Å². The van der Waals surface area contributed by atoms with E-state index in [1.807, 2.05) is 13.8 Å². The van der Waals surface area contributed by atoms with E-state index in [4.69, 9.17) is 5.11 Å². The highest BCUT2D eigenvalue weighted by Gasteiger charge is 2.27. The van der Waals surface area contributed by atoms with E-state index in [2.05, 4.69) is 25.8 Å². The Kier molecular flexibility index (Phi) is 8.56. The number of carbonyl (C=O) groups excluding carboxylic acids is 2. The molecule has 10 heteroatoms. The molecule has 1 aliphatic heterocycles. The second kappa shape index (κ2) is 11.6. The topological polar surface area (TPSA) is 110 Å². The van der Waals surface area contributed by atoms with Crippen LogP contribution in [0.1, 0.15) is 24.6 Å². The number of carbonyl (C=O) groups is 2. The van der Waals surface area contributed by atoms with Crippen molar-refractivity contribution in [1.82, 2.24) is 20.1 Å². The van der Waals surface area contributed by atoms with Gasteiger partial charge < -0.3 is 26.0 Å². The van der Waals surface area contributed by atoms with E-state index >= 15 is 4.39 Å². The van der Waals surface area contributed by atoms with Crippen molar-refractivity contribution in [3.63, 3.8) is 0 Å². The van der Waals surface area contributed by atoms with Crippen LogP contribution in [0.25, 0.3) is 0 Å². The largest absolute Gasteiger partial charge is 0.396 e. The lowest BCUT2D eigenvalue weighted by Crippen LogP contribution is -2.56. The van der Waals surface area contributed by atoms with E-state index in [1.54, 1.807) is 29.2 Å². The molecule has 1 aromatic heterocycles. The van der Waals surface area contributed by atoms with Crippen molar-refractivity contribution in [3.8, 4) is 0 Å². The van der Waals surface area contributed by atoms with Crippen molar-refractivity contribution in [2.75, 3.05) is 43.4 Å². The summed E-state index contributed by atoms with van der Waals surface area (Å²) in [6.45, 7) is 6.37. The molecule has 4 amide bonds. The van der Waals surface area contributed by atoms with Gasteiger partial charge in [0, 0.05) is 56.6 Å². The Morgan fingerprint density at radius 2 is 2.03 bits per heavy atom. The molecular weight excluding hydrogens is 427 g/mol. The maximum atomic E-state index is 15.1. The fraction of sp³-hybridized carbons (Fsp3) is 0.435. The number of halogens is 1. The van der Waals surface area contributed by atoms with E-state index in [9.17, 15) is 9.59 Å². The zero-order chi connectivity index (χ0) is 23.8. The third-order valence-corrected chi connectivity index (χ3v) is 5.47. The van der Waals surface area contributed by atoms with Crippen LogP contribution in [0.2, 0.25) is 0 Å². The van der Waals surface area contributed by atoms with Crippen molar-refractivity contribution >= 4 is 23.4 Å². The Labute approximate surface area is 193 Å². The standard InChI is InChI=1S/C23H31FN6O3/c1-16-7-8-19(13-26-16)27-22(32)28-20-6-3-5-18(21(20)24)15-29-10-11-30(17(2)14-29)23(33)25-9-4-12-31/h3,5-8,13,17,31H,4,9-12,14-15H2,1-2H3,(H,25,33)(H2,27,28,32)/t17-/m1/s1. The molecule has 3 rings (SSSR count). The lowest BCUT2D eigenvalue weighted by atomic mass is 10.1. The fourth-order valence-electron chi connectivity index (χ4n) is 3.72. The predicted molar refractivity (Wildman–Crippen MR) is 125 cm³/mol. The molecule has 1 aromatic carbocycles. The molecule has 33 heavy (non-hydrogen) atoms. The second-order valence-corrected chi connectivity index (χ2v) is 8.13. The van der Waals surface area contributed by atoms with Crippen molar-refractivity contribution in [1.29, 1.82) is 0 Å². The number of anilines is 2. The molecule has 4 N–H and O–H groups in total. The minimum Gasteiger partial charge on any atom is -0.396 e. The van der Waals surface area contributed by atoms with E-state index in [-0.39, 0.29) is 24.4 Å². The minimum atomic E-state index is -0.550. The zero-order valence-electron chi connectivity index (χ0n) is 19.0. The van der Waals surface area contributed by atoms with Gasteiger partial charge in [0.05, 0.1) is 17.6 Å². The third-order valence-electron chi connectivity index (χ3n) is 5.47. The minimum absolute atomic E-state index is 0.0356. The van der Waals surface area contributed by atoms with Crippen LogP contribution in [0, 0.1) is 12.7 Å². The third kappa shape index (κ3) is 6.87. The van der Waals surface area contributed by atoms with E-state index in [0.29, 0.717) is 50.4 Å². The molecule has 0 saturated carbocycles. The van der Waals surface area contributed by atoms with E-state index in [0.717, 1.165) is 5.69 Å². The average Bonchev–Trinajstić information content (AvgIpc) is 2.78. The van der Waals surface area contributed by atoms with Crippen LogP contribution in [0.4, 0.5) is 25.4 Å². The smallest absolute Gasteiger partial charge is 0.323 e. The molecule has 178 valence electrons. The van der Waals surface area contributed by atoms with Gasteiger partial charge in [0.1, 0.15) is 0 Å². The first-order chi connectivity index (χ1) is 15.9. The number of nitrogens with zero attached hydrogens (tertiary/aromatic N) is 3. The van der Waals surface area contributed by atoms with Crippen LogP contribution < -0.4 is 16.0 Å². The number of amides is 4. The monoisotopic (exact) mass is 458 g/mol. The Morgan fingerprint density at radius 3 is 2.73 bits per heavy atom. The van der Waals surface area contributed by atoms with Crippen molar-refractivity contribution in [2.24, 2.45) is 0 Å². The number of aliphatic hydroxyl groups excluding tert-OH is 1. The van der Waals surface area contributed by atoms with E-state index in [1.165, 1.54) is 12.3 Å². The SMILES string of the molecule is Cc1ccc(NC(=O)Nc2cccc(CN3CCN(C(=O)NCCCO)[C@H](C)C3)c2F)cn1. The van der Waals surface area contributed by atoms with Gasteiger partial charge >= 0.3 is 12.1 Å². The van der Waals surface area contributed by atoms with Crippen LogP contribution in [-0.2, 0) is 6.54 Å². The fourth-order valence-corrected chi connectivity index (χ4v) is 3.72. The van der Waals surface area contributed by atoms with Crippen molar-refractivity contribution < 1.29 is 19.1 Å². The van der Waals surface area contributed by atoms with Crippen LogP contribution in [-0.4, -0.2) is 70.8 Å².